The van der Waals surface area contributed by atoms with E-state index in [4.69, 9.17) is 5.11 Å². The monoisotopic (exact) mass is 383 g/mol. The number of aromatic nitrogens is 2. The van der Waals surface area contributed by atoms with Gasteiger partial charge in [-0.3, -0.25) is 9.59 Å². The minimum atomic E-state index is -0.786. The van der Waals surface area contributed by atoms with Crippen LogP contribution in [0.5, 0.6) is 0 Å². The Labute approximate surface area is 162 Å². The van der Waals surface area contributed by atoms with Crippen molar-refractivity contribution >= 4 is 29.7 Å². The molecule has 1 aromatic carbocycles. The van der Waals surface area contributed by atoms with Crippen LogP contribution in [0, 0.1) is 13.8 Å². The van der Waals surface area contributed by atoms with Gasteiger partial charge in [-0.15, -0.1) is 0 Å². The number of aliphatic carboxylic acids is 1. The van der Waals surface area contributed by atoms with Gasteiger partial charge in [0.2, 0.25) is 0 Å². The number of aryl methyl sites for hydroxylation is 2. The van der Waals surface area contributed by atoms with Gasteiger partial charge in [-0.1, -0.05) is 6.58 Å². The number of nitrogens with zero attached hydrogens (tertiary/aromatic N) is 4. The number of benzene rings is 1. The summed E-state index contributed by atoms with van der Waals surface area (Å²) in [5.41, 5.74) is 3.89. The molecule has 1 aliphatic heterocycles. The molecule has 2 N–H and O–H groups in total. The quantitative estimate of drug-likeness (QED) is 0.740. The number of anilines is 2. The highest BCUT2D eigenvalue weighted by Gasteiger charge is 2.23. The number of rotatable bonds is 7. The van der Waals surface area contributed by atoms with Crippen LogP contribution in [0.15, 0.2) is 21.9 Å². The van der Waals surface area contributed by atoms with E-state index >= 15 is 0 Å². The summed E-state index contributed by atoms with van der Waals surface area (Å²) in [6, 6.07) is 4.04. The molecule has 0 radical (unpaired) electrons. The molecule has 0 amide bonds. The van der Waals surface area contributed by atoms with Crippen molar-refractivity contribution in [1.82, 2.24) is 14.9 Å². The first-order chi connectivity index (χ1) is 13.3. The van der Waals surface area contributed by atoms with Gasteiger partial charge in [0.15, 0.2) is 11.2 Å². The third-order valence-corrected chi connectivity index (χ3v) is 4.93. The Balaban J connectivity index is 1.94. The lowest BCUT2D eigenvalue weighted by molar-refractivity contribution is -0.137. The van der Waals surface area contributed by atoms with E-state index in [2.05, 4.69) is 32.5 Å². The molecule has 3 rings (SSSR count). The minimum absolute atomic E-state index is 0.152. The first-order valence-electron chi connectivity index (χ1n) is 9.23. The van der Waals surface area contributed by atoms with Crippen LogP contribution in [-0.4, -0.2) is 52.6 Å². The highest BCUT2D eigenvalue weighted by molar-refractivity contribution is 5.77. The van der Waals surface area contributed by atoms with Crippen LogP contribution in [0.2, 0.25) is 0 Å². The van der Waals surface area contributed by atoms with Crippen molar-refractivity contribution < 1.29 is 9.90 Å². The molecule has 2 heterocycles. The molecule has 28 heavy (non-hydrogen) atoms. The molecule has 0 fully saturated rings. The summed E-state index contributed by atoms with van der Waals surface area (Å²) in [5.74, 6) is -0.283. The van der Waals surface area contributed by atoms with Crippen molar-refractivity contribution in [3.05, 3.63) is 44.5 Å². The van der Waals surface area contributed by atoms with Gasteiger partial charge in [0, 0.05) is 19.5 Å². The fraction of sp³-hybridized carbons (Fsp3) is 0.400. The Morgan fingerprint density at radius 1 is 1.29 bits per heavy atom. The highest BCUT2D eigenvalue weighted by atomic mass is 16.4. The average molecular weight is 383 g/mol. The zero-order chi connectivity index (χ0) is 20.4. The summed E-state index contributed by atoms with van der Waals surface area (Å²) >= 11 is 0. The van der Waals surface area contributed by atoms with E-state index in [-0.39, 0.29) is 17.3 Å². The predicted molar refractivity (Wildman–Crippen MR) is 108 cm³/mol. The molecule has 0 atom stereocenters. The fourth-order valence-corrected chi connectivity index (χ4v) is 3.22. The number of hydrogen-bond donors (Lipinski definition) is 2. The van der Waals surface area contributed by atoms with Crippen molar-refractivity contribution in [3.63, 3.8) is 0 Å². The summed E-state index contributed by atoms with van der Waals surface area (Å²) in [4.78, 5) is 38.8. The number of carboxylic acids is 1. The molecular formula is C20H25N5O3. The normalized spacial score (nSPS) is 12.5. The van der Waals surface area contributed by atoms with E-state index in [9.17, 15) is 9.59 Å². The molecule has 1 aliphatic rings. The van der Waals surface area contributed by atoms with Gasteiger partial charge >= 0.3 is 5.97 Å². The van der Waals surface area contributed by atoms with Crippen LogP contribution < -0.4 is 21.3 Å². The SMILES string of the molecule is C=c1nc2c(c(=O)[nH]1)=Nc1cc(C)c(C)cc1N2CCN(C)CCCC(=O)O. The fourth-order valence-electron chi connectivity index (χ4n) is 3.22. The van der Waals surface area contributed by atoms with E-state index in [0.717, 1.165) is 22.5 Å². The smallest absolute Gasteiger partial charge is 0.303 e. The topological polar surface area (TPSA) is 102 Å². The number of carboxylic acid groups (broad SMARTS) is 1. The maximum absolute atomic E-state index is 12.4. The first kappa shape index (κ1) is 19.8. The van der Waals surface area contributed by atoms with E-state index in [1.54, 1.807) is 0 Å². The van der Waals surface area contributed by atoms with Gasteiger partial charge < -0.3 is 19.9 Å². The molecule has 1 aromatic heterocycles. The number of likely N-dealkylation sites (N-methyl/N-ethyl adjacent to an activating group) is 1. The maximum atomic E-state index is 12.4. The van der Waals surface area contributed by atoms with Crippen molar-refractivity contribution in [3.8, 4) is 0 Å². The van der Waals surface area contributed by atoms with E-state index in [1.165, 1.54) is 0 Å². The molecule has 8 heteroatoms. The summed E-state index contributed by atoms with van der Waals surface area (Å²) in [5, 5.41) is 9.08. The maximum Gasteiger partial charge on any atom is 0.303 e. The lowest BCUT2D eigenvalue weighted by Gasteiger charge is -2.30. The molecule has 0 spiro atoms. The number of hydrogen-bond acceptors (Lipinski definition) is 6. The van der Waals surface area contributed by atoms with Gasteiger partial charge in [-0.05, 0) is 57.1 Å². The van der Waals surface area contributed by atoms with Crippen LogP contribution >= 0.6 is 0 Å². The Morgan fingerprint density at radius 2 is 2.00 bits per heavy atom. The Bertz CT molecular complexity index is 1080. The second kappa shape index (κ2) is 7.93. The summed E-state index contributed by atoms with van der Waals surface area (Å²) < 4.78 is 0. The molecular weight excluding hydrogens is 358 g/mol. The predicted octanol–water partition coefficient (Wildman–Crippen LogP) is 0.996. The van der Waals surface area contributed by atoms with Crippen LogP contribution in [0.3, 0.4) is 0 Å². The average Bonchev–Trinajstić information content (AvgIpc) is 2.60. The number of fused-ring (bicyclic) bond motifs is 2. The second-order valence-electron chi connectivity index (χ2n) is 7.17. The van der Waals surface area contributed by atoms with Gasteiger partial charge in [0.05, 0.1) is 11.4 Å². The van der Waals surface area contributed by atoms with Gasteiger partial charge in [0.1, 0.15) is 5.48 Å². The van der Waals surface area contributed by atoms with Crippen molar-refractivity contribution in [2.24, 2.45) is 4.99 Å². The first-order valence-corrected chi connectivity index (χ1v) is 9.23. The Morgan fingerprint density at radius 3 is 2.71 bits per heavy atom. The van der Waals surface area contributed by atoms with Gasteiger partial charge in [-0.25, -0.2) is 9.98 Å². The summed E-state index contributed by atoms with van der Waals surface area (Å²) in [7, 11) is 1.95. The summed E-state index contributed by atoms with van der Waals surface area (Å²) in [6.45, 7) is 9.78. The van der Waals surface area contributed by atoms with Crippen LogP contribution in [0.1, 0.15) is 24.0 Å². The molecule has 0 unspecified atom stereocenters. The van der Waals surface area contributed by atoms with Crippen LogP contribution in [0.4, 0.5) is 17.2 Å². The van der Waals surface area contributed by atoms with Crippen LogP contribution in [0.25, 0.3) is 6.58 Å². The van der Waals surface area contributed by atoms with Crippen LogP contribution in [-0.2, 0) is 4.79 Å². The molecule has 0 saturated heterocycles. The standard InChI is InChI=1S/C20H25N5O3/c1-12-10-15-16(11-13(12)2)25(9-8-24(4)7-5-6-17(26)27)19-18(23-15)20(28)22-14(3)21-19/h10-11H,3,5-9H2,1-2,4H3,(H,22,28)(H,26,27). The zero-order valence-corrected chi connectivity index (χ0v) is 16.4. The highest BCUT2D eigenvalue weighted by Crippen LogP contribution is 2.36. The third-order valence-electron chi connectivity index (χ3n) is 4.93. The number of aromatic amines is 1. The van der Waals surface area contributed by atoms with Gasteiger partial charge in [-0.2, -0.15) is 0 Å². The molecule has 148 valence electrons. The lowest BCUT2D eigenvalue weighted by Crippen LogP contribution is -2.44. The van der Waals surface area contributed by atoms with Crippen molar-refractivity contribution in [2.75, 3.05) is 31.6 Å². The Kier molecular flexibility index (Phi) is 5.60. The van der Waals surface area contributed by atoms with E-state index < -0.39 is 5.97 Å². The van der Waals surface area contributed by atoms with Crippen molar-refractivity contribution in [2.45, 2.75) is 26.7 Å². The largest absolute Gasteiger partial charge is 0.481 e. The third kappa shape index (κ3) is 4.12. The molecule has 2 aromatic rings. The number of carbonyl (C=O) groups is 1. The molecule has 0 bridgehead atoms. The summed E-state index contributed by atoms with van der Waals surface area (Å²) in [6.07, 6.45) is 0.743. The molecule has 8 nitrogen and oxygen atoms in total. The Hall–Kier alpha value is -3.00. The number of nitrogens with one attached hydrogen (secondary N) is 1. The van der Waals surface area contributed by atoms with Crippen molar-refractivity contribution in [1.29, 1.82) is 0 Å². The van der Waals surface area contributed by atoms with E-state index in [0.29, 0.717) is 37.4 Å². The number of H-pyrrole nitrogens is 1. The minimum Gasteiger partial charge on any atom is -0.481 e. The zero-order valence-electron chi connectivity index (χ0n) is 16.4. The lowest BCUT2D eigenvalue weighted by atomic mass is 10.1. The van der Waals surface area contributed by atoms with E-state index in [1.807, 2.05) is 31.9 Å². The molecule has 0 aliphatic carbocycles. The second-order valence-corrected chi connectivity index (χ2v) is 7.17. The van der Waals surface area contributed by atoms with Gasteiger partial charge in [0.25, 0.3) is 5.56 Å². The molecule has 0 saturated carbocycles.